The maximum atomic E-state index is 11.4. The number of aromatic nitrogens is 2. The first kappa shape index (κ1) is 14.5. The third kappa shape index (κ3) is 3.59. The number of hydrogen-bond acceptors (Lipinski definition) is 5. The van der Waals surface area contributed by atoms with Crippen LogP contribution in [0.4, 0.5) is 0 Å². The fraction of sp³-hybridized carbons (Fsp3) is 0.286. The van der Waals surface area contributed by atoms with E-state index in [0.717, 1.165) is 18.7 Å². The van der Waals surface area contributed by atoms with Crippen molar-refractivity contribution in [3.05, 3.63) is 40.8 Å². The van der Waals surface area contributed by atoms with Gasteiger partial charge in [-0.1, -0.05) is 0 Å². The van der Waals surface area contributed by atoms with E-state index in [2.05, 4.69) is 25.9 Å². The molecule has 0 N–H and O–H groups in total. The molecule has 1 aromatic carbocycles. The molecule has 0 atom stereocenters. The second kappa shape index (κ2) is 5.38. The van der Waals surface area contributed by atoms with Gasteiger partial charge in [-0.3, -0.25) is 0 Å². The summed E-state index contributed by atoms with van der Waals surface area (Å²) in [6.45, 7) is 0. The van der Waals surface area contributed by atoms with Crippen molar-refractivity contribution in [3.8, 4) is 11.6 Å². The van der Waals surface area contributed by atoms with E-state index in [0.29, 0.717) is 22.2 Å². The van der Waals surface area contributed by atoms with Crippen LogP contribution in [0.1, 0.15) is 24.6 Å². The SMILES string of the molecule is CS(=O)(=O)c1ccc(Oc2cc(Br)nc(C3CC3)n2)cc1. The Morgan fingerprint density at radius 2 is 1.86 bits per heavy atom. The topological polar surface area (TPSA) is 69.2 Å². The second-order valence-electron chi connectivity index (χ2n) is 5.01. The molecule has 1 fully saturated rings. The molecule has 1 aliphatic rings. The summed E-state index contributed by atoms with van der Waals surface area (Å²) >= 11 is 3.35. The van der Waals surface area contributed by atoms with Crippen molar-refractivity contribution in [3.63, 3.8) is 0 Å². The van der Waals surface area contributed by atoms with Gasteiger partial charge in [-0.15, -0.1) is 0 Å². The zero-order valence-corrected chi connectivity index (χ0v) is 13.7. The standard InChI is InChI=1S/C14H13BrN2O3S/c1-21(18,19)11-6-4-10(5-7-11)20-13-8-12(15)16-14(17-13)9-2-3-9/h4-9H,2-3H2,1H3. The van der Waals surface area contributed by atoms with Gasteiger partial charge < -0.3 is 4.74 Å². The predicted octanol–water partition coefficient (Wildman–Crippen LogP) is 3.31. The summed E-state index contributed by atoms with van der Waals surface area (Å²) in [6.07, 6.45) is 3.39. The van der Waals surface area contributed by atoms with Gasteiger partial charge in [0.15, 0.2) is 9.84 Å². The highest BCUT2D eigenvalue weighted by atomic mass is 79.9. The van der Waals surface area contributed by atoms with Crippen LogP contribution in [-0.2, 0) is 9.84 Å². The highest BCUT2D eigenvalue weighted by molar-refractivity contribution is 9.10. The van der Waals surface area contributed by atoms with E-state index in [4.69, 9.17) is 4.74 Å². The molecule has 0 aliphatic heterocycles. The molecule has 2 aromatic rings. The van der Waals surface area contributed by atoms with Crippen LogP contribution in [0.2, 0.25) is 0 Å². The fourth-order valence-electron chi connectivity index (χ4n) is 1.87. The van der Waals surface area contributed by atoms with Gasteiger partial charge in [0.25, 0.3) is 0 Å². The summed E-state index contributed by atoms with van der Waals surface area (Å²) in [6, 6.07) is 7.95. The van der Waals surface area contributed by atoms with Crippen LogP contribution in [0.15, 0.2) is 39.8 Å². The summed E-state index contributed by atoms with van der Waals surface area (Å²) in [5, 5.41) is 0. The van der Waals surface area contributed by atoms with Crippen LogP contribution >= 0.6 is 15.9 Å². The van der Waals surface area contributed by atoms with Gasteiger partial charge >= 0.3 is 0 Å². The van der Waals surface area contributed by atoms with Gasteiger partial charge in [0.2, 0.25) is 5.88 Å². The van der Waals surface area contributed by atoms with Gasteiger partial charge in [-0.2, -0.15) is 4.98 Å². The maximum Gasteiger partial charge on any atom is 0.223 e. The first-order chi connectivity index (χ1) is 9.91. The molecule has 0 radical (unpaired) electrons. The first-order valence-electron chi connectivity index (χ1n) is 6.44. The Morgan fingerprint density at radius 1 is 1.19 bits per heavy atom. The summed E-state index contributed by atoms with van der Waals surface area (Å²) in [5.74, 6) is 2.20. The van der Waals surface area contributed by atoms with Crippen molar-refractivity contribution < 1.29 is 13.2 Å². The molecule has 3 rings (SSSR count). The molecule has 0 spiro atoms. The quantitative estimate of drug-likeness (QED) is 0.774. The smallest absolute Gasteiger partial charge is 0.223 e. The van der Waals surface area contributed by atoms with E-state index in [1.54, 1.807) is 18.2 Å². The first-order valence-corrected chi connectivity index (χ1v) is 9.13. The van der Waals surface area contributed by atoms with Crippen LogP contribution in [0, 0.1) is 0 Å². The minimum atomic E-state index is -3.20. The molecule has 0 bridgehead atoms. The monoisotopic (exact) mass is 368 g/mol. The highest BCUT2D eigenvalue weighted by Gasteiger charge is 2.27. The largest absolute Gasteiger partial charge is 0.439 e. The van der Waals surface area contributed by atoms with Crippen molar-refractivity contribution in [1.29, 1.82) is 0 Å². The number of hydrogen-bond donors (Lipinski definition) is 0. The molecule has 0 saturated heterocycles. The predicted molar refractivity (Wildman–Crippen MR) is 81.3 cm³/mol. The van der Waals surface area contributed by atoms with E-state index in [1.165, 1.54) is 18.4 Å². The minimum absolute atomic E-state index is 0.261. The molecule has 7 heteroatoms. The van der Waals surface area contributed by atoms with Crippen LogP contribution in [0.25, 0.3) is 0 Å². The molecule has 0 unspecified atom stereocenters. The zero-order chi connectivity index (χ0) is 15.0. The van der Waals surface area contributed by atoms with Crippen molar-refractivity contribution in [1.82, 2.24) is 9.97 Å². The highest BCUT2D eigenvalue weighted by Crippen LogP contribution is 2.39. The number of sulfone groups is 1. The van der Waals surface area contributed by atoms with Gasteiger partial charge in [0.05, 0.1) is 4.90 Å². The van der Waals surface area contributed by atoms with Crippen molar-refractivity contribution >= 4 is 25.8 Å². The number of halogens is 1. The molecule has 1 saturated carbocycles. The van der Waals surface area contributed by atoms with E-state index in [-0.39, 0.29) is 4.90 Å². The summed E-state index contributed by atoms with van der Waals surface area (Å²) < 4.78 is 29.2. The van der Waals surface area contributed by atoms with Crippen LogP contribution < -0.4 is 4.74 Å². The number of rotatable bonds is 4. The molecule has 0 amide bonds. The normalized spacial score (nSPS) is 15.0. The number of ether oxygens (including phenoxy) is 1. The molecule has 21 heavy (non-hydrogen) atoms. The third-order valence-electron chi connectivity index (χ3n) is 3.11. The molecular formula is C14H13BrN2O3S. The Bertz CT molecular complexity index is 771. The molecule has 5 nitrogen and oxygen atoms in total. The van der Waals surface area contributed by atoms with Gasteiger partial charge in [0, 0.05) is 18.2 Å². The fourth-order valence-corrected chi connectivity index (χ4v) is 2.87. The Labute approximate surface area is 131 Å². The molecule has 110 valence electrons. The zero-order valence-electron chi connectivity index (χ0n) is 11.3. The van der Waals surface area contributed by atoms with E-state index in [1.807, 2.05) is 0 Å². The van der Waals surface area contributed by atoms with Gasteiger partial charge in [-0.25, -0.2) is 13.4 Å². The molecule has 1 aliphatic carbocycles. The van der Waals surface area contributed by atoms with Crippen molar-refractivity contribution in [2.24, 2.45) is 0 Å². The molecule has 1 heterocycles. The van der Waals surface area contributed by atoms with E-state index < -0.39 is 9.84 Å². The molecular weight excluding hydrogens is 356 g/mol. The summed E-state index contributed by atoms with van der Waals surface area (Å²) in [7, 11) is -3.20. The lowest BCUT2D eigenvalue weighted by Crippen LogP contribution is -1.98. The summed E-state index contributed by atoms with van der Waals surface area (Å²) in [4.78, 5) is 8.97. The minimum Gasteiger partial charge on any atom is -0.439 e. The number of benzene rings is 1. The maximum absolute atomic E-state index is 11.4. The van der Waals surface area contributed by atoms with Crippen molar-refractivity contribution in [2.75, 3.05) is 6.26 Å². The summed E-state index contributed by atoms with van der Waals surface area (Å²) in [5.41, 5.74) is 0. The lowest BCUT2D eigenvalue weighted by Gasteiger charge is -2.07. The Balaban J connectivity index is 1.83. The average molecular weight is 369 g/mol. The Morgan fingerprint density at radius 3 is 2.43 bits per heavy atom. The Hall–Kier alpha value is -1.47. The lowest BCUT2D eigenvalue weighted by atomic mass is 10.3. The van der Waals surface area contributed by atoms with Crippen LogP contribution in [0.5, 0.6) is 11.6 Å². The lowest BCUT2D eigenvalue weighted by molar-refractivity contribution is 0.457. The van der Waals surface area contributed by atoms with Crippen LogP contribution in [0.3, 0.4) is 0 Å². The van der Waals surface area contributed by atoms with E-state index >= 15 is 0 Å². The van der Waals surface area contributed by atoms with Crippen molar-refractivity contribution in [2.45, 2.75) is 23.7 Å². The Kier molecular flexibility index (Phi) is 3.71. The third-order valence-corrected chi connectivity index (χ3v) is 4.64. The van der Waals surface area contributed by atoms with Gasteiger partial charge in [0.1, 0.15) is 16.2 Å². The average Bonchev–Trinajstić information content (AvgIpc) is 3.21. The van der Waals surface area contributed by atoms with E-state index in [9.17, 15) is 8.42 Å². The second-order valence-corrected chi connectivity index (χ2v) is 7.84. The molecule has 1 aromatic heterocycles. The van der Waals surface area contributed by atoms with Crippen LogP contribution in [-0.4, -0.2) is 24.6 Å². The number of nitrogens with zero attached hydrogens (tertiary/aromatic N) is 2. The van der Waals surface area contributed by atoms with Gasteiger partial charge in [-0.05, 0) is 53.0 Å².